The van der Waals surface area contributed by atoms with Gasteiger partial charge in [-0.15, -0.1) is 6.42 Å². The van der Waals surface area contributed by atoms with E-state index in [9.17, 15) is 4.79 Å². The van der Waals surface area contributed by atoms with E-state index in [1.165, 1.54) is 0 Å². The minimum Gasteiger partial charge on any atom is -0.444 e. The molecule has 0 saturated carbocycles. The number of carbonyl (C=O) groups excluding carboxylic acids is 1. The van der Waals surface area contributed by atoms with Crippen LogP contribution in [0.3, 0.4) is 0 Å². The van der Waals surface area contributed by atoms with E-state index in [1.807, 2.05) is 20.8 Å². The van der Waals surface area contributed by atoms with Crippen LogP contribution < -0.4 is 5.32 Å². The third-order valence-electron chi connectivity index (χ3n) is 4.45. The van der Waals surface area contributed by atoms with Gasteiger partial charge in [-0.05, 0) is 20.8 Å². The molecular formula is C28H53NO12. The highest BCUT2D eigenvalue weighted by atomic mass is 16.6. The Labute approximate surface area is 246 Å². The summed E-state index contributed by atoms with van der Waals surface area (Å²) in [5.41, 5.74) is -0.510. The average molecular weight is 596 g/mol. The van der Waals surface area contributed by atoms with Crippen molar-refractivity contribution in [3.8, 4) is 12.3 Å². The molecule has 0 aromatic heterocycles. The molecule has 0 aromatic rings. The lowest BCUT2D eigenvalue weighted by Crippen LogP contribution is -2.34. The van der Waals surface area contributed by atoms with Crippen LogP contribution in [-0.4, -0.2) is 150 Å². The molecule has 0 unspecified atom stereocenters. The van der Waals surface area contributed by atoms with E-state index >= 15 is 0 Å². The molecule has 0 heterocycles. The molecule has 0 aliphatic heterocycles. The number of hydrogen-bond acceptors (Lipinski definition) is 12. The Morgan fingerprint density at radius 2 is 0.780 bits per heavy atom. The molecule has 0 aliphatic rings. The molecule has 0 rings (SSSR count). The van der Waals surface area contributed by atoms with Gasteiger partial charge in [0.1, 0.15) is 12.2 Å². The summed E-state index contributed by atoms with van der Waals surface area (Å²) in [5, 5.41) is 2.63. The second-order valence-corrected chi connectivity index (χ2v) is 9.20. The maximum absolute atomic E-state index is 11.5. The standard InChI is InChI=1S/C28H53NO12/c1-5-7-31-9-11-33-13-15-35-17-19-37-21-23-39-25-26-40-24-22-38-20-18-36-16-14-34-12-10-32-8-6-29-27(30)41-28(2,3)4/h1H,6-26H2,2-4H3,(H,29,30). The highest BCUT2D eigenvalue weighted by Gasteiger charge is 2.15. The SMILES string of the molecule is C#CCOCCOCCOCCOCCOCCOCCOCCOCCOCCOCCNC(=O)OC(C)(C)C. The number of amides is 1. The van der Waals surface area contributed by atoms with E-state index in [1.54, 1.807) is 0 Å². The van der Waals surface area contributed by atoms with Crippen LogP contribution in [0.4, 0.5) is 4.79 Å². The fourth-order valence-corrected chi connectivity index (χ4v) is 2.65. The van der Waals surface area contributed by atoms with E-state index in [2.05, 4.69) is 11.2 Å². The number of ether oxygens (including phenoxy) is 11. The van der Waals surface area contributed by atoms with Crippen LogP contribution >= 0.6 is 0 Å². The van der Waals surface area contributed by atoms with Crippen LogP contribution in [0.2, 0.25) is 0 Å². The molecule has 0 aliphatic carbocycles. The molecule has 0 saturated heterocycles. The van der Waals surface area contributed by atoms with Crippen LogP contribution in [0.15, 0.2) is 0 Å². The van der Waals surface area contributed by atoms with Crippen molar-refractivity contribution in [2.24, 2.45) is 0 Å². The van der Waals surface area contributed by atoms with Gasteiger partial charge in [0.05, 0.1) is 126 Å². The monoisotopic (exact) mass is 595 g/mol. The molecule has 13 heteroatoms. The maximum atomic E-state index is 11.5. The van der Waals surface area contributed by atoms with Crippen molar-refractivity contribution in [3.63, 3.8) is 0 Å². The summed E-state index contributed by atoms with van der Waals surface area (Å²) in [6, 6.07) is 0. The molecule has 1 N–H and O–H groups in total. The van der Waals surface area contributed by atoms with Crippen molar-refractivity contribution in [1.29, 1.82) is 0 Å². The lowest BCUT2D eigenvalue weighted by molar-refractivity contribution is -0.0260. The Morgan fingerprint density at radius 3 is 1.05 bits per heavy atom. The molecule has 0 radical (unpaired) electrons. The number of carbonyl (C=O) groups is 1. The molecule has 0 aromatic carbocycles. The molecular weight excluding hydrogens is 542 g/mol. The maximum Gasteiger partial charge on any atom is 0.407 e. The fraction of sp³-hybridized carbons (Fsp3) is 0.893. The summed E-state index contributed by atoms with van der Waals surface area (Å²) >= 11 is 0. The second kappa shape index (κ2) is 31.4. The molecule has 242 valence electrons. The quantitative estimate of drug-likeness (QED) is 0.0916. The van der Waals surface area contributed by atoms with Gasteiger partial charge >= 0.3 is 6.09 Å². The second-order valence-electron chi connectivity index (χ2n) is 9.20. The Bertz CT molecular complexity index is 598. The minimum absolute atomic E-state index is 0.305. The zero-order valence-corrected chi connectivity index (χ0v) is 25.3. The van der Waals surface area contributed by atoms with Gasteiger partial charge in [0, 0.05) is 6.54 Å². The molecule has 0 fully saturated rings. The van der Waals surface area contributed by atoms with Crippen molar-refractivity contribution in [2.45, 2.75) is 26.4 Å². The van der Waals surface area contributed by atoms with Crippen LogP contribution in [0.25, 0.3) is 0 Å². The topological polar surface area (TPSA) is 131 Å². The summed E-state index contributed by atoms with van der Waals surface area (Å²) in [6.07, 6.45) is 4.62. The van der Waals surface area contributed by atoms with E-state index < -0.39 is 11.7 Å². The van der Waals surface area contributed by atoms with Crippen molar-refractivity contribution in [3.05, 3.63) is 0 Å². The van der Waals surface area contributed by atoms with Crippen molar-refractivity contribution < 1.29 is 56.9 Å². The first-order valence-corrected chi connectivity index (χ1v) is 14.1. The Hall–Kier alpha value is -1.57. The Balaban J connectivity index is 3.09. The predicted octanol–water partition coefficient (Wildman–Crippen LogP) is 1.31. The first-order valence-electron chi connectivity index (χ1n) is 14.1. The number of alkyl carbamates (subject to hydrolysis) is 1. The average Bonchev–Trinajstić information content (AvgIpc) is 2.92. The molecule has 41 heavy (non-hydrogen) atoms. The van der Waals surface area contributed by atoms with Crippen molar-refractivity contribution in [2.75, 3.05) is 139 Å². The third kappa shape index (κ3) is 36.4. The van der Waals surface area contributed by atoms with Gasteiger partial charge in [-0.25, -0.2) is 4.79 Å². The van der Waals surface area contributed by atoms with Gasteiger partial charge in [-0.2, -0.15) is 0 Å². The Kier molecular flexibility index (Phi) is 30.2. The van der Waals surface area contributed by atoms with Gasteiger partial charge in [-0.1, -0.05) is 5.92 Å². The van der Waals surface area contributed by atoms with Crippen LogP contribution in [0.1, 0.15) is 20.8 Å². The first kappa shape index (κ1) is 39.4. The van der Waals surface area contributed by atoms with Crippen molar-refractivity contribution in [1.82, 2.24) is 5.32 Å². The van der Waals surface area contributed by atoms with Gasteiger partial charge in [0.2, 0.25) is 0 Å². The normalized spacial score (nSPS) is 11.5. The molecule has 1 amide bonds. The highest BCUT2D eigenvalue weighted by Crippen LogP contribution is 2.06. The molecule has 0 spiro atoms. The van der Waals surface area contributed by atoms with E-state index in [0.717, 1.165) is 0 Å². The summed E-state index contributed by atoms with van der Waals surface area (Å²) < 4.78 is 59.0. The van der Waals surface area contributed by atoms with Gasteiger partial charge in [0.25, 0.3) is 0 Å². The summed E-state index contributed by atoms with van der Waals surface area (Å²) in [7, 11) is 0. The van der Waals surface area contributed by atoms with Crippen molar-refractivity contribution >= 4 is 6.09 Å². The number of hydrogen-bond donors (Lipinski definition) is 1. The zero-order chi connectivity index (χ0) is 30.1. The lowest BCUT2D eigenvalue weighted by atomic mass is 10.2. The van der Waals surface area contributed by atoms with Gasteiger partial charge in [0.15, 0.2) is 0 Å². The number of terminal acetylenes is 1. The molecule has 0 bridgehead atoms. The smallest absolute Gasteiger partial charge is 0.407 e. The van der Waals surface area contributed by atoms with E-state index in [-0.39, 0.29) is 0 Å². The number of rotatable bonds is 31. The summed E-state index contributed by atoms with van der Waals surface area (Å²) in [5.74, 6) is 2.39. The summed E-state index contributed by atoms with van der Waals surface area (Å²) in [4.78, 5) is 11.5. The lowest BCUT2D eigenvalue weighted by Gasteiger charge is -2.19. The van der Waals surface area contributed by atoms with Crippen LogP contribution in [0, 0.1) is 12.3 Å². The third-order valence-corrected chi connectivity index (χ3v) is 4.45. The molecule has 13 nitrogen and oxygen atoms in total. The first-order chi connectivity index (χ1) is 20.0. The van der Waals surface area contributed by atoms with Crippen LogP contribution in [-0.2, 0) is 52.1 Å². The largest absolute Gasteiger partial charge is 0.444 e. The number of nitrogens with one attached hydrogen (secondary N) is 1. The summed E-state index contributed by atoms with van der Waals surface area (Å²) in [6.45, 7) is 15.4. The zero-order valence-electron chi connectivity index (χ0n) is 25.3. The predicted molar refractivity (Wildman–Crippen MR) is 151 cm³/mol. The molecule has 0 atom stereocenters. The minimum atomic E-state index is -0.510. The van der Waals surface area contributed by atoms with E-state index in [4.69, 9.17) is 58.5 Å². The fourth-order valence-electron chi connectivity index (χ4n) is 2.65. The van der Waals surface area contributed by atoms with Gasteiger partial charge in [-0.3, -0.25) is 0 Å². The highest BCUT2D eigenvalue weighted by molar-refractivity contribution is 5.67. The van der Waals surface area contributed by atoms with Gasteiger partial charge < -0.3 is 57.4 Å². The Morgan fingerprint density at radius 1 is 0.512 bits per heavy atom. The van der Waals surface area contributed by atoms with E-state index in [0.29, 0.717) is 139 Å². The van der Waals surface area contributed by atoms with Crippen LogP contribution in [0.5, 0.6) is 0 Å².